The number of rotatable bonds is 5. The van der Waals surface area contributed by atoms with Gasteiger partial charge in [-0.1, -0.05) is 54.1 Å². The summed E-state index contributed by atoms with van der Waals surface area (Å²) in [6.07, 6.45) is 2.85. The summed E-state index contributed by atoms with van der Waals surface area (Å²) in [5.41, 5.74) is 1.88. The lowest BCUT2D eigenvalue weighted by Gasteiger charge is -2.07. The van der Waals surface area contributed by atoms with Gasteiger partial charge in [0.15, 0.2) is 0 Å². The van der Waals surface area contributed by atoms with Crippen LogP contribution in [-0.2, 0) is 19.6 Å². The van der Waals surface area contributed by atoms with Gasteiger partial charge in [-0.15, -0.1) is 0 Å². The second-order valence-corrected chi connectivity index (χ2v) is 7.72. The van der Waals surface area contributed by atoms with Gasteiger partial charge in [0.05, 0.1) is 24.1 Å². The summed E-state index contributed by atoms with van der Waals surface area (Å²) in [4.78, 5) is 11.6. The van der Waals surface area contributed by atoms with Gasteiger partial charge in [-0.2, -0.15) is 4.31 Å². The Morgan fingerprint density at radius 1 is 1.08 bits per heavy atom. The zero-order valence-corrected chi connectivity index (χ0v) is 14.8. The van der Waals surface area contributed by atoms with Gasteiger partial charge in [0, 0.05) is 6.08 Å². The van der Waals surface area contributed by atoms with Crippen LogP contribution in [0.2, 0.25) is 0 Å². The zero-order valence-electron chi connectivity index (χ0n) is 14.0. The van der Waals surface area contributed by atoms with E-state index >= 15 is 0 Å². The Hall–Kier alpha value is -2.44. The van der Waals surface area contributed by atoms with Gasteiger partial charge in [0.1, 0.15) is 0 Å². The Morgan fingerprint density at radius 2 is 1.72 bits per heavy atom. The highest BCUT2D eigenvalue weighted by molar-refractivity contribution is 7.89. The number of hydrogen-bond acceptors (Lipinski definition) is 4. The van der Waals surface area contributed by atoms with Crippen LogP contribution in [0.4, 0.5) is 0 Å². The van der Waals surface area contributed by atoms with Crippen molar-refractivity contribution in [1.82, 2.24) is 4.31 Å². The van der Waals surface area contributed by atoms with Gasteiger partial charge < -0.3 is 4.74 Å². The molecule has 1 fully saturated rings. The molecule has 0 spiro atoms. The predicted molar refractivity (Wildman–Crippen MR) is 94.3 cm³/mol. The molecule has 5 nitrogen and oxygen atoms in total. The lowest BCUT2D eigenvalue weighted by atomic mass is 10.1. The number of aryl methyl sites for hydroxylation is 1. The van der Waals surface area contributed by atoms with Crippen molar-refractivity contribution < 1.29 is 17.9 Å². The molecule has 0 aromatic heterocycles. The van der Waals surface area contributed by atoms with E-state index in [2.05, 4.69) is 4.74 Å². The first-order valence-corrected chi connectivity index (χ1v) is 9.30. The Bertz CT molecular complexity index is 889. The molecule has 130 valence electrons. The van der Waals surface area contributed by atoms with Crippen LogP contribution < -0.4 is 0 Å². The van der Waals surface area contributed by atoms with Crippen LogP contribution in [0.5, 0.6) is 0 Å². The molecule has 1 saturated heterocycles. The molecule has 3 rings (SSSR count). The largest absolute Gasteiger partial charge is 0.466 e. The van der Waals surface area contributed by atoms with Crippen molar-refractivity contribution in [1.29, 1.82) is 0 Å². The lowest BCUT2D eigenvalue weighted by Crippen LogP contribution is -2.14. The third kappa shape index (κ3) is 3.50. The minimum absolute atomic E-state index is 0.244. The number of hydrogen-bond donors (Lipinski definition) is 0. The molecule has 0 amide bonds. The molecule has 2 aromatic carbocycles. The molecule has 0 radical (unpaired) electrons. The van der Waals surface area contributed by atoms with E-state index < -0.39 is 22.0 Å². The molecule has 1 aliphatic heterocycles. The molecule has 25 heavy (non-hydrogen) atoms. The highest BCUT2D eigenvalue weighted by atomic mass is 32.2. The van der Waals surface area contributed by atoms with Gasteiger partial charge in [-0.3, -0.25) is 0 Å². The van der Waals surface area contributed by atoms with E-state index in [4.69, 9.17) is 0 Å². The molecule has 0 aliphatic carbocycles. The average Bonchev–Trinajstić information content (AvgIpc) is 3.36. The van der Waals surface area contributed by atoms with Crippen molar-refractivity contribution in [2.24, 2.45) is 0 Å². The molecule has 0 saturated carbocycles. The fraction of sp³-hybridized carbons (Fsp3) is 0.211. The summed E-state index contributed by atoms with van der Waals surface area (Å²) in [6.45, 7) is 1.91. The maximum absolute atomic E-state index is 13.0. The molecular formula is C19H19NO4S. The lowest BCUT2D eigenvalue weighted by molar-refractivity contribution is -0.134. The summed E-state index contributed by atoms with van der Waals surface area (Å²) in [6, 6.07) is 15.4. The van der Waals surface area contributed by atoms with Crippen LogP contribution in [0, 0.1) is 6.92 Å². The predicted octanol–water partition coefficient (Wildman–Crippen LogP) is 2.84. The number of nitrogens with zero attached hydrogens (tertiary/aromatic N) is 1. The smallest absolute Gasteiger partial charge is 0.330 e. The quantitative estimate of drug-likeness (QED) is 0.469. The van der Waals surface area contributed by atoms with Gasteiger partial charge in [0.25, 0.3) is 0 Å². The molecular weight excluding hydrogens is 338 g/mol. The Morgan fingerprint density at radius 3 is 2.32 bits per heavy atom. The number of carbonyl (C=O) groups excluding carboxylic acids is 1. The van der Waals surface area contributed by atoms with Gasteiger partial charge >= 0.3 is 5.97 Å². The molecule has 1 unspecified atom stereocenters. The number of benzene rings is 2. The van der Waals surface area contributed by atoms with Crippen molar-refractivity contribution in [3.8, 4) is 0 Å². The van der Waals surface area contributed by atoms with Crippen molar-refractivity contribution in [3.63, 3.8) is 0 Å². The zero-order chi connectivity index (χ0) is 18.0. The third-order valence-electron chi connectivity index (χ3n) is 4.17. The molecule has 2 aromatic rings. The molecule has 6 heteroatoms. The molecule has 0 N–H and O–H groups in total. The molecule has 3 atom stereocenters. The van der Waals surface area contributed by atoms with Crippen LogP contribution in [0.15, 0.2) is 71.6 Å². The monoisotopic (exact) mass is 357 g/mol. The fourth-order valence-corrected chi connectivity index (χ4v) is 4.52. The average molecular weight is 357 g/mol. The number of esters is 1. The van der Waals surface area contributed by atoms with Gasteiger partial charge in [-0.05, 0) is 24.6 Å². The summed E-state index contributed by atoms with van der Waals surface area (Å²) in [5, 5.41) is 0. The Labute approximate surface area is 147 Å². The molecule has 0 bridgehead atoms. The summed E-state index contributed by atoms with van der Waals surface area (Å²) in [5.74, 6) is -0.508. The van der Waals surface area contributed by atoms with E-state index in [9.17, 15) is 13.2 Å². The van der Waals surface area contributed by atoms with Crippen LogP contribution in [0.1, 0.15) is 17.2 Å². The maximum atomic E-state index is 13.0. The van der Waals surface area contributed by atoms with E-state index in [0.29, 0.717) is 0 Å². The first kappa shape index (κ1) is 17.4. The molecule has 1 aliphatic rings. The molecule has 1 heterocycles. The van der Waals surface area contributed by atoms with Crippen molar-refractivity contribution >= 4 is 16.0 Å². The topological polar surface area (TPSA) is 63.5 Å². The first-order chi connectivity index (χ1) is 11.9. The first-order valence-electron chi connectivity index (χ1n) is 7.86. The summed E-state index contributed by atoms with van der Waals surface area (Å²) < 4.78 is 32.0. The van der Waals surface area contributed by atoms with Crippen LogP contribution >= 0.6 is 0 Å². The van der Waals surface area contributed by atoms with Crippen molar-refractivity contribution in [2.75, 3.05) is 7.11 Å². The second-order valence-electron chi connectivity index (χ2n) is 5.88. The maximum Gasteiger partial charge on any atom is 0.330 e. The number of sulfonamides is 1. The highest BCUT2D eigenvalue weighted by Gasteiger charge is 2.54. The van der Waals surface area contributed by atoms with Gasteiger partial charge in [0.2, 0.25) is 10.0 Å². The Balaban J connectivity index is 1.95. The number of methoxy groups -OCH3 is 1. The summed E-state index contributed by atoms with van der Waals surface area (Å²) in [7, 11) is -2.37. The van der Waals surface area contributed by atoms with E-state index in [1.54, 1.807) is 30.3 Å². The summed E-state index contributed by atoms with van der Waals surface area (Å²) >= 11 is 0. The van der Waals surface area contributed by atoms with Crippen molar-refractivity contribution in [2.45, 2.75) is 23.9 Å². The van der Waals surface area contributed by atoms with E-state index in [1.807, 2.05) is 37.3 Å². The SMILES string of the molecule is COC(=O)/C=C/[C@H]1[C@@H](c2ccccc2)N1S(=O)(=O)c1ccc(C)cc1. The van der Waals surface area contributed by atoms with E-state index in [-0.39, 0.29) is 10.9 Å². The minimum atomic E-state index is -3.65. The fourth-order valence-electron chi connectivity index (χ4n) is 2.80. The third-order valence-corrected chi connectivity index (χ3v) is 6.06. The van der Waals surface area contributed by atoms with Crippen LogP contribution in [0.3, 0.4) is 0 Å². The van der Waals surface area contributed by atoms with Crippen LogP contribution in [0.25, 0.3) is 0 Å². The number of ether oxygens (including phenoxy) is 1. The van der Waals surface area contributed by atoms with Crippen molar-refractivity contribution in [3.05, 3.63) is 77.9 Å². The second kappa shape index (κ2) is 6.82. The van der Waals surface area contributed by atoms with Gasteiger partial charge in [-0.25, -0.2) is 13.2 Å². The standard InChI is InChI=1S/C19H19NO4S/c1-14-8-10-16(11-9-14)25(22,23)20-17(12-13-18(21)24-2)19(20)15-6-4-3-5-7-15/h3-13,17,19H,1-2H3/b13-12+/t17-,19+,20?/m0/s1. The highest BCUT2D eigenvalue weighted by Crippen LogP contribution is 2.48. The van der Waals surface area contributed by atoms with E-state index in [1.165, 1.54) is 17.5 Å². The normalized spacial score (nSPS) is 22.7. The Kier molecular flexibility index (Phi) is 4.74. The minimum Gasteiger partial charge on any atom is -0.466 e. The van der Waals surface area contributed by atoms with Crippen LogP contribution in [-0.4, -0.2) is 31.8 Å². The van der Waals surface area contributed by atoms with E-state index in [0.717, 1.165) is 11.1 Å². The number of carbonyl (C=O) groups is 1.